The van der Waals surface area contributed by atoms with Crippen LogP contribution in [-0.2, 0) is 0 Å². The maximum atomic E-state index is 5.93. The highest BCUT2D eigenvalue weighted by Crippen LogP contribution is 2.26. The van der Waals surface area contributed by atoms with Crippen molar-refractivity contribution >= 4 is 23.5 Å². The molecule has 2 N–H and O–H groups in total. The Morgan fingerprint density at radius 1 is 1.55 bits per heavy atom. The van der Waals surface area contributed by atoms with Crippen molar-refractivity contribution in [1.82, 2.24) is 0 Å². The first-order valence-electron chi connectivity index (χ1n) is 4.17. The van der Waals surface area contributed by atoms with Crippen molar-refractivity contribution in [2.75, 3.05) is 23.5 Å². The van der Waals surface area contributed by atoms with Crippen molar-refractivity contribution in [3.8, 4) is 0 Å². The Balaban J connectivity index is 2.05. The third-order valence-corrected chi connectivity index (χ3v) is 4.15. The monoisotopic (exact) mass is 191 g/mol. The summed E-state index contributed by atoms with van der Waals surface area (Å²) in [4.78, 5) is 0. The molecule has 11 heavy (non-hydrogen) atoms. The molecule has 1 fully saturated rings. The van der Waals surface area contributed by atoms with Gasteiger partial charge in [0.2, 0.25) is 0 Å². The van der Waals surface area contributed by atoms with E-state index in [4.69, 9.17) is 5.73 Å². The second-order valence-electron chi connectivity index (χ2n) is 3.10. The predicted octanol–water partition coefficient (Wildman–Crippen LogP) is 1.82. The van der Waals surface area contributed by atoms with Crippen molar-refractivity contribution in [3.63, 3.8) is 0 Å². The summed E-state index contributed by atoms with van der Waals surface area (Å²) in [5, 5.41) is 0. The van der Waals surface area contributed by atoms with Gasteiger partial charge >= 0.3 is 0 Å². The highest BCUT2D eigenvalue weighted by atomic mass is 32.2. The number of hydrogen-bond donors (Lipinski definition) is 1. The van der Waals surface area contributed by atoms with Crippen LogP contribution in [0.1, 0.15) is 12.8 Å². The normalized spacial score (nSPS) is 31.1. The Morgan fingerprint density at radius 2 is 2.36 bits per heavy atom. The van der Waals surface area contributed by atoms with Gasteiger partial charge in [0.05, 0.1) is 0 Å². The second-order valence-corrected chi connectivity index (χ2v) is 5.16. The summed E-state index contributed by atoms with van der Waals surface area (Å²) in [6.45, 7) is 0. The Hall–Kier alpha value is 0.660. The molecule has 3 heteroatoms. The first-order chi connectivity index (χ1) is 5.34. The van der Waals surface area contributed by atoms with Gasteiger partial charge in [-0.15, -0.1) is 0 Å². The SMILES string of the molecule is CSCCCC1CSCC1N. The Bertz CT molecular complexity index is 108. The molecule has 0 amide bonds. The van der Waals surface area contributed by atoms with Crippen LogP contribution in [0.2, 0.25) is 0 Å². The van der Waals surface area contributed by atoms with Crippen LogP contribution in [0, 0.1) is 5.92 Å². The minimum atomic E-state index is 0.488. The summed E-state index contributed by atoms with van der Waals surface area (Å²) in [6.07, 6.45) is 4.86. The van der Waals surface area contributed by atoms with Crippen molar-refractivity contribution in [3.05, 3.63) is 0 Å². The Kier molecular flexibility index (Phi) is 4.72. The third-order valence-electron chi connectivity index (χ3n) is 2.17. The zero-order chi connectivity index (χ0) is 8.10. The second kappa shape index (κ2) is 5.33. The molecule has 1 aliphatic heterocycles. The number of rotatable bonds is 4. The Labute approximate surface area is 77.9 Å². The molecular formula is C8H17NS2. The molecule has 1 saturated heterocycles. The molecule has 1 aliphatic rings. The van der Waals surface area contributed by atoms with Gasteiger partial charge in [0, 0.05) is 11.8 Å². The molecule has 0 saturated carbocycles. The van der Waals surface area contributed by atoms with E-state index in [2.05, 4.69) is 6.26 Å². The maximum Gasteiger partial charge on any atom is 0.0166 e. The average molecular weight is 191 g/mol. The zero-order valence-electron chi connectivity index (χ0n) is 7.08. The molecule has 0 bridgehead atoms. The largest absolute Gasteiger partial charge is 0.327 e. The molecule has 66 valence electrons. The summed E-state index contributed by atoms with van der Waals surface area (Å²) in [5.41, 5.74) is 5.93. The fourth-order valence-corrected chi connectivity index (χ4v) is 3.25. The smallest absolute Gasteiger partial charge is 0.0166 e. The van der Waals surface area contributed by atoms with Gasteiger partial charge in [0.1, 0.15) is 0 Å². The molecule has 2 atom stereocenters. The van der Waals surface area contributed by atoms with Crippen molar-refractivity contribution in [2.24, 2.45) is 11.7 Å². The van der Waals surface area contributed by atoms with Crippen molar-refractivity contribution in [1.29, 1.82) is 0 Å². The van der Waals surface area contributed by atoms with Gasteiger partial charge < -0.3 is 5.73 Å². The van der Waals surface area contributed by atoms with E-state index in [0.717, 1.165) is 5.92 Å². The maximum absolute atomic E-state index is 5.93. The number of thioether (sulfide) groups is 2. The van der Waals surface area contributed by atoms with Crippen LogP contribution in [0.15, 0.2) is 0 Å². The van der Waals surface area contributed by atoms with E-state index in [0.29, 0.717) is 6.04 Å². The van der Waals surface area contributed by atoms with Crippen LogP contribution in [0.3, 0.4) is 0 Å². The van der Waals surface area contributed by atoms with E-state index < -0.39 is 0 Å². The lowest BCUT2D eigenvalue weighted by molar-refractivity contribution is 0.476. The summed E-state index contributed by atoms with van der Waals surface area (Å²) in [7, 11) is 0. The van der Waals surface area contributed by atoms with Gasteiger partial charge in [-0.3, -0.25) is 0 Å². The fourth-order valence-electron chi connectivity index (χ4n) is 1.40. The van der Waals surface area contributed by atoms with Crippen LogP contribution < -0.4 is 5.73 Å². The van der Waals surface area contributed by atoms with Gasteiger partial charge in [-0.05, 0) is 36.5 Å². The van der Waals surface area contributed by atoms with Gasteiger partial charge in [-0.2, -0.15) is 23.5 Å². The van der Waals surface area contributed by atoms with E-state index in [1.807, 2.05) is 23.5 Å². The van der Waals surface area contributed by atoms with Crippen LogP contribution in [-0.4, -0.2) is 29.6 Å². The number of hydrogen-bond acceptors (Lipinski definition) is 3. The first kappa shape index (κ1) is 9.75. The molecule has 0 spiro atoms. The van der Waals surface area contributed by atoms with Crippen molar-refractivity contribution < 1.29 is 0 Å². The molecule has 2 unspecified atom stereocenters. The van der Waals surface area contributed by atoms with Gasteiger partial charge in [-0.1, -0.05) is 0 Å². The zero-order valence-corrected chi connectivity index (χ0v) is 8.72. The van der Waals surface area contributed by atoms with Crippen LogP contribution in [0.4, 0.5) is 0 Å². The first-order valence-corrected chi connectivity index (χ1v) is 6.71. The minimum absolute atomic E-state index is 0.488. The topological polar surface area (TPSA) is 26.0 Å². The van der Waals surface area contributed by atoms with E-state index in [-0.39, 0.29) is 0 Å². The van der Waals surface area contributed by atoms with Gasteiger partial charge in [-0.25, -0.2) is 0 Å². The van der Waals surface area contributed by atoms with Crippen LogP contribution in [0.5, 0.6) is 0 Å². The third kappa shape index (κ3) is 3.26. The van der Waals surface area contributed by atoms with Crippen LogP contribution >= 0.6 is 23.5 Å². The quantitative estimate of drug-likeness (QED) is 0.687. The minimum Gasteiger partial charge on any atom is -0.327 e. The highest BCUT2D eigenvalue weighted by Gasteiger charge is 2.23. The lowest BCUT2D eigenvalue weighted by Gasteiger charge is -2.12. The summed E-state index contributed by atoms with van der Waals surface area (Å²) in [5.74, 6) is 4.60. The molecule has 1 rings (SSSR count). The Morgan fingerprint density at radius 3 is 2.91 bits per heavy atom. The molecule has 0 radical (unpaired) electrons. The number of nitrogens with two attached hydrogens (primary N) is 1. The van der Waals surface area contributed by atoms with Gasteiger partial charge in [0.25, 0.3) is 0 Å². The summed E-state index contributed by atoms with van der Waals surface area (Å²) < 4.78 is 0. The van der Waals surface area contributed by atoms with E-state index in [1.54, 1.807) is 0 Å². The van der Waals surface area contributed by atoms with Gasteiger partial charge in [0.15, 0.2) is 0 Å². The fraction of sp³-hybridized carbons (Fsp3) is 1.00. The summed E-state index contributed by atoms with van der Waals surface area (Å²) >= 11 is 3.96. The lowest BCUT2D eigenvalue weighted by Crippen LogP contribution is -2.28. The average Bonchev–Trinajstić information content (AvgIpc) is 2.37. The van der Waals surface area contributed by atoms with E-state index >= 15 is 0 Å². The van der Waals surface area contributed by atoms with Crippen LogP contribution in [0.25, 0.3) is 0 Å². The van der Waals surface area contributed by atoms with E-state index in [9.17, 15) is 0 Å². The molecule has 1 nitrogen and oxygen atoms in total. The molecule has 1 heterocycles. The molecule has 0 aromatic rings. The highest BCUT2D eigenvalue weighted by molar-refractivity contribution is 7.99. The molecule has 0 aliphatic carbocycles. The predicted molar refractivity (Wildman–Crippen MR) is 56.4 cm³/mol. The molecule has 0 aromatic heterocycles. The summed E-state index contributed by atoms with van der Waals surface area (Å²) in [6, 6.07) is 0.488. The lowest BCUT2D eigenvalue weighted by atomic mass is 9.99. The standard InChI is InChI=1S/C8H17NS2/c1-10-4-2-3-7-5-11-6-8(7)9/h7-8H,2-6,9H2,1H3. The molecule has 0 aromatic carbocycles. The van der Waals surface area contributed by atoms with Crippen molar-refractivity contribution in [2.45, 2.75) is 18.9 Å². The molecular weight excluding hydrogens is 174 g/mol. The van der Waals surface area contributed by atoms with E-state index in [1.165, 1.54) is 30.1 Å².